The van der Waals surface area contributed by atoms with E-state index in [9.17, 15) is 0 Å². The van der Waals surface area contributed by atoms with Crippen LogP contribution in [-0.4, -0.2) is 0 Å². The smallest absolute Gasteiger partial charge is 0.0155 e. The average Bonchev–Trinajstić information content (AvgIpc) is 2.38. The van der Waals surface area contributed by atoms with Crippen molar-refractivity contribution in [2.45, 2.75) is 0 Å². The zero-order valence-electron chi connectivity index (χ0n) is 8.93. The maximum atomic E-state index is 2.82. The van der Waals surface area contributed by atoms with Gasteiger partial charge in [0.2, 0.25) is 0 Å². The highest BCUT2D eigenvalue weighted by Gasteiger charge is 1.98. The van der Waals surface area contributed by atoms with E-state index < -0.39 is 0 Å². The molecular weight excluding hydrogens is 230 g/mol. The van der Waals surface area contributed by atoms with Crippen molar-refractivity contribution in [2.24, 2.45) is 0 Å². The Hall–Kier alpha value is -0.960. The topological polar surface area (TPSA) is 0 Å². The summed E-state index contributed by atoms with van der Waals surface area (Å²) in [7, 11) is 3.55. The fraction of sp³-hybridized carbons (Fsp3) is 0. The Balaban J connectivity index is 2.34. The van der Waals surface area contributed by atoms with Crippen LogP contribution < -0.4 is 0 Å². The number of benzene rings is 2. The van der Waals surface area contributed by atoms with Gasteiger partial charge in [-0.3, -0.25) is 0 Å². The Morgan fingerprint density at radius 2 is 1.44 bits per heavy atom. The molecule has 2 atom stereocenters. The summed E-state index contributed by atoms with van der Waals surface area (Å²) in [6.45, 7) is 0. The molecular formula is C14H14P2. The van der Waals surface area contributed by atoms with Crippen molar-refractivity contribution in [1.82, 2.24) is 0 Å². The minimum absolute atomic E-state index is 0.730. The molecule has 0 N–H and O–H groups in total. The van der Waals surface area contributed by atoms with E-state index in [1.807, 2.05) is 6.07 Å². The highest BCUT2D eigenvalue weighted by molar-refractivity contribution is 8.08. The fourth-order valence-corrected chi connectivity index (χ4v) is 2.88. The van der Waals surface area contributed by atoms with E-state index in [0.29, 0.717) is 0 Å². The molecule has 16 heavy (non-hydrogen) atoms. The molecule has 0 spiro atoms. The molecule has 2 aromatic rings. The maximum Gasteiger partial charge on any atom is -0.0155 e. The Labute approximate surface area is 101 Å². The second-order valence-corrected chi connectivity index (χ2v) is 5.17. The van der Waals surface area contributed by atoms with Crippen LogP contribution in [0.4, 0.5) is 0 Å². The van der Waals surface area contributed by atoms with E-state index in [-0.39, 0.29) is 0 Å². The van der Waals surface area contributed by atoms with Crippen molar-refractivity contribution >= 4 is 28.6 Å². The predicted octanol–water partition coefficient (Wildman–Crippen LogP) is 4.65. The summed E-state index contributed by atoms with van der Waals surface area (Å²) in [5.41, 5.74) is 2.57. The van der Waals surface area contributed by atoms with E-state index in [1.54, 1.807) is 0 Å². The molecule has 0 nitrogen and oxygen atoms in total. The first-order valence-electron chi connectivity index (χ1n) is 5.19. The lowest BCUT2D eigenvalue weighted by molar-refractivity contribution is 1.64. The zero-order chi connectivity index (χ0) is 11.2. The molecule has 2 rings (SSSR count). The largest absolute Gasteiger partial charge is 0.110 e. The van der Waals surface area contributed by atoms with Gasteiger partial charge in [-0.1, -0.05) is 68.9 Å². The van der Waals surface area contributed by atoms with Gasteiger partial charge in [-0.2, -0.15) is 0 Å². The zero-order valence-corrected chi connectivity index (χ0v) is 11.1. The van der Waals surface area contributed by atoms with Crippen LogP contribution in [0.1, 0.15) is 11.1 Å². The van der Waals surface area contributed by atoms with Crippen LogP contribution >= 0.6 is 17.2 Å². The third-order valence-corrected chi connectivity index (χ3v) is 4.03. The van der Waals surface area contributed by atoms with Gasteiger partial charge in [0.1, 0.15) is 0 Å². The fourth-order valence-electron chi connectivity index (χ4n) is 1.54. The molecule has 0 fully saturated rings. The summed E-state index contributed by atoms with van der Waals surface area (Å²) >= 11 is 0. The SMILES string of the molecule is PP/C(=C\c1ccccc1)c1ccccc1. The van der Waals surface area contributed by atoms with Gasteiger partial charge in [0.25, 0.3) is 0 Å². The summed E-state index contributed by atoms with van der Waals surface area (Å²) in [5, 5.41) is 1.37. The summed E-state index contributed by atoms with van der Waals surface area (Å²) in [4.78, 5) is 0. The summed E-state index contributed by atoms with van der Waals surface area (Å²) in [6.07, 6.45) is 2.25. The Kier molecular flexibility index (Phi) is 4.28. The van der Waals surface area contributed by atoms with E-state index in [0.717, 1.165) is 8.27 Å². The first-order valence-corrected chi connectivity index (χ1v) is 8.00. The van der Waals surface area contributed by atoms with E-state index in [2.05, 4.69) is 69.6 Å². The molecule has 0 amide bonds. The molecule has 0 saturated carbocycles. The first-order chi connectivity index (χ1) is 7.90. The second-order valence-electron chi connectivity index (χ2n) is 3.48. The van der Waals surface area contributed by atoms with E-state index >= 15 is 0 Å². The van der Waals surface area contributed by atoms with E-state index in [1.165, 1.54) is 16.4 Å². The Morgan fingerprint density at radius 1 is 0.875 bits per heavy atom. The molecule has 0 aliphatic heterocycles. The van der Waals surface area contributed by atoms with Crippen LogP contribution in [0.15, 0.2) is 60.7 Å². The van der Waals surface area contributed by atoms with Gasteiger partial charge in [0.05, 0.1) is 0 Å². The molecule has 0 aliphatic rings. The first kappa shape index (κ1) is 11.5. The van der Waals surface area contributed by atoms with Gasteiger partial charge >= 0.3 is 0 Å². The molecule has 0 bridgehead atoms. The van der Waals surface area contributed by atoms with Crippen molar-refractivity contribution in [3.63, 3.8) is 0 Å². The molecule has 0 heterocycles. The quantitative estimate of drug-likeness (QED) is 0.544. The van der Waals surface area contributed by atoms with Crippen molar-refractivity contribution in [3.8, 4) is 0 Å². The second kappa shape index (κ2) is 5.94. The van der Waals surface area contributed by atoms with Crippen LogP contribution in [0.3, 0.4) is 0 Å². The monoisotopic (exact) mass is 244 g/mol. The maximum absolute atomic E-state index is 2.82. The van der Waals surface area contributed by atoms with Crippen molar-refractivity contribution in [2.75, 3.05) is 0 Å². The van der Waals surface area contributed by atoms with Crippen LogP contribution in [-0.2, 0) is 0 Å². The molecule has 0 saturated heterocycles. The number of hydrogen-bond acceptors (Lipinski definition) is 0. The van der Waals surface area contributed by atoms with E-state index in [4.69, 9.17) is 0 Å². The lowest BCUT2D eigenvalue weighted by atomic mass is 10.1. The highest BCUT2D eigenvalue weighted by atomic mass is 32.0. The summed E-state index contributed by atoms with van der Waals surface area (Å²) in [5.74, 6) is 0. The molecule has 0 aromatic heterocycles. The van der Waals surface area contributed by atoms with Gasteiger partial charge in [0, 0.05) is 0 Å². The Morgan fingerprint density at radius 3 is 2.00 bits per heavy atom. The summed E-state index contributed by atoms with van der Waals surface area (Å²) in [6, 6.07) is 21.0. The van der Waals surface area contributed by atoms with Crippen LogP contribution in [0.2, 0.25) is 0 Å². The average molecular weight is 244 g/mol. The lowest BCUT2D eigenvalue weighted by Crippen LogP contribution is -1.76. The van der Waals surface area contributed by atoms with Crippen LogP contribution in [0, 0.1) is 0 Å². The minimum atomic E-state index is 0.730. The van der Waals surface area contributed by atoms with Crippen molar-refractivity contribution in [1.29, 1.82) is 0 Å². The predicted molar refractivity (Wildman–Crippen MR) is 78.8 cm³/mol. The molecule has 0 radical (unpaired) electrons. The molecule has 2 aromatic carbocycles. The molecule has 2 unspecified atom stereocenters. The van der Waals surface area contributed by atoms with Gasteiger partial charge in [-0.15, -0.1) is 8.93 Å². The lowest BCUT2D eigenvalue weighted by Gasteiger charge is -2.04. The molecule has 80 valence electrons. The van der Waals surface area contributed by atoms with Crippen molar-refractivity contribution < 1.29 is 0 Å². The van der Waals surface area contributed by atoms with Gasteiger partial charge < -0.3 is 0 Å². The molecule has 0 aliphatic carbocycles. The minimum Gasteiger partial charge on any atom is -0.110 e. The standard InChI is InChI=1S/C14H14P2/c15-16-14(13-9-5-2-6-10-13)11-12-7-3-1-4-8-12/h1-11,16H,15H2/b14-11-. The number of rotatable bonds is 3. The number of hydrogen-bond donors (Lipinski definition) is 0. The van der Waals surface area contributed by atoms with Crippen molar-refractivity contribution in [3.05, 3.63) is 71.8 Å². The van der Waals surface area contributed by atoms with Gasteiger partial charge in [-0.05, 0) is 22.5 Å². The third kappa shape index (κ3) is 3.01. The highest BCUT2D eigenvalue weighted by Crippen LogP contribution is 2.40. The van der Waals surface area contributed by atoms with Gasteiger partial charge in [0.15, 0.2) is 0 Å². The van der Waals surface area contributed by atoms with Crippen LogP contribution in [0.5, 0.6) is 0 Å². The normalized spacial score (nSPS) is 12.2. The Bertz CT molecular complexity index is 461. The summed E-state index contributed by atoms with van der Waals surface area (Å²) < 4.78 is 0. The van der Waals surface area contributed by atoms with Gasteiger partial charge in [-0.25, -0.2) is 0 Å². The van der Waals surface area contributed by atoms with Crippen LogP contribution in [0.25, 0.3) is 11.4 Å². The molecule has 2 heteroatoms. The third-order valence-electron chi connectivity index (χ3n) is 2.35.